The first kappa shape index (κ1) is 19.2. The van der Waals surface area contributed by atoms with Crippen LogP contribution in [0.15, 0.2) is 53.4 Å². The molecule has 0 spiro atoms. The van der Waals surface area contributed by atoms with Crippen molar-refractivity contribution >= 4 is 16.0 Å². The van der Waals surface area contributed by atoms with Crippen LogP contribution >= 0.6 is 0 Å². The first-order valence-electron chi connectivity index (χ1n) is 8.62. The van der Waals surface area contributed by atoms with Crippen molar-refractivity contribution in [3.63, 3.8) is 0 Å². The normalized spacial score (nSPS) is 14.4. The van der Waals surface area contributed by atoms with Gasteiger partial charge in [-0.25, -0.2) is 8.42 Å². The minimum absolute atomic E-state index is 0.00545. The number of benzene rings is 2. The van der Waals surface area contributed by atoms with E-state index in [1.54, 1.807) is 13.0 Å². The van der Waals surface area contributed by atoms with Gasteiger partial charge in [0.15, 0.2) is 11.5 Å². The predicted molar refractivity (Wildman–Crippen MR) is 98.3 cm³/mol. The van der Waals surface area contributed by atoms with Crippen LogP contribution in [0.25, 0.3) is 0 Å². The zero-order valence-electron chi connectivity index (χ0n) is 14.9. The summed E-state index contributed by atoms with van der Waals surface area (Å²) in [4.78, 5) is 12.3. The molecule has 1 N–H and O–H groups in total. The lowest BCUT2D eigenvalue weighted by Crippen LogP contribution is -2.43. The molecule has 1 atom stereocenters. The van der Waals surface area contributed by atoms with E-state index >= 15 is 0 Å². The fourth-order valence-electron chi connectivity index (χ4n) is 2.71. The molecule has 0 fully saturated rings. The molecule has 0 amide bonds. The van der Waals surface area contributed by atoms with Gasteiger partial charge in [0.25, 0.3) is 0 Å². The molecule has 1 aliphatic rings. The van der Waals surface area contributed by atoms with Gasteiger partial charge in [0.1, 0.15) is 19.3 Å². The van der Waals surface area contributed by atoms with Crippen LogP contribution in [0.3, 0.4) is 0 Å². The molecule has 0 aliphatic carbocycles. The van der Waals surface area contributed by atoms with Gasteiger partial charge in [-0.15, -0.1) is 0 Å². The smallest absolute Gasteiger partial charge is 0.324 e. The van der Waals surface area contributed by atoms with Crippen molar-refractivity contribution in [3.05, 3.63) is 54.1 Å². The maximum Gasteiger partial charge on any atom is 0.324 e. The summed E-state index contributed by atoms with van der Waals surface area (Å²) >= 11 is 0. The quantitative estimate of drug-likeness (QED) is 0.725. The number of fused-ring (bicyclic) bond motifs is 1. The molecule has 27 heavy (non-hydrogen) atoms. The van der Waals surface area contributed by atoms with Gasteiger partial charge in [-0.05, 0) is 31.0 Å². The van der Waals surface area contributed by atoms with E-state index in [4.69, 9.17) is 14.2 Å². The summed E-state index contributed by atoms with van der Waals surface area (Å²) in [5.41, 5.74) is 0.820. The lowest BCUT2D eigenvalue weighted by atomic mass is 10.1. The first-order valence-corrected chi connectivity index (χ1v) is 10.1. The van der Waals surface area contributed by atoms with E-state index in [-0.39, 0.29) is 17.9 Å². The van der Waals surface area contributed by atoms with E-state index in [0.717, 1.165) is 5.56 Å². The summed E-state index contributed by atoms with van der Waals surface area (Å²) in [5.74, 6) is 0.230. The van der Waals surface area contributed by atoms with Gasteiger partial charge in [0, 0.05) is 6.07 Å². The monoisotopic (exact) mass is 391 g/mol. The van der Waals surface area contributed by atoms with E-state index in [1.807, 2.05) is 30.3 Å². The van der Waals surface area contributed by atoms with Gasteiger partial charge in [-0.1, -0.05) is 30.3 Å². The number of esters is 1. The number of ether oxygens (including phenoxy) is 3. The predicted octanol–water partition coefficient (Wildman–Crippen LogP) is 1.91. The highest BCUT2D eigenvalue weighted by Crippen LogP contribution is 2.32. The molecule has 3 rings (SSSR count). The third-order valence-electron chi connectivity index (χ3n) is 3.98. The van der Waals surface area contributed by atoms with Crippen molar-refractivity contribution in [2.24, 2.45) is 0 Å². The van der Waals surface area contributed by atoms with E-state index in [9.17, 15) is 13.2 Å². The van der Waals surface area contributed by atoms with Crippen molar-refractivity contribution in [1.29, 1.82) is 0 Å². The minimum Gasteiger partial charge on any atom is -0.486 e. The molecule has 1 heterocycles. The van der Waals surface area contributed by atoms with Crippen LogP contribution in [0.1, 0.15) is 12.5 Å². The standard InChI is InChI=1S/C19H21NO6S/c1-2-24-19(21)16(12-14-6-4-3-5-7-14)20-27(22,23)15-8-9-17-18(13-15)26-11-10-25-17/h3-9,13,16,20H,2,10-12H2,1H3. The number of sulfonamides is 1. The molecule has 0 saturated carbocycles. The lowest BCUT2D eigenvalue weighted by molar-refractivity contribution is -0.145. The maximum absolute atomic E-state index is 12.8. The van der Waals surface area contributed by atoms with E-state index < -0.39 is 22.0 Å². The summed E-state index contributed by atoms with van der Waals surface area (Å²) < 4.78 is 44.0. The summed E-state index contributed by atoms with van der Waals surface area (Å²) in [7, 11) is -3.96. The lowest BCUT2D eigenvalue weighted by Gasteiger charge is -2.20. The molecule has 1 aliphatic heterocycles. The zero-order chi connectivity index (χ0) is 19.3. The van der Waals surface area contributed by atoms with Gasteiger partial charge < -0.3 is 14.2 Å². The van der Waals surface area contributed by atoms with Crippen LogP contribution in [0.4, 0.5) is 0 Å². The van der Waals surface area contributed by atoms with Crippen molar-refractivity contribution < 1.29 is 27.4 Å². The van der Waals surface area contributed by atoms with Gasteiger partial charge in [0.05, 0.1) is 11.5 Å². The molecule has 0 aromatic heterocycles. The third kappa shape index (κ3) is 4.78. The number of carbonyl (C=O) groups excluding carboxylic acids is 1. The number of hydrogen-bond acceptors (Lipinski definition) is 6. The van der Waals surface area contributed by atoms with Crippen molar-refractivity contribution in [3.8, 4) is 11.5 Å². The summed E-state index contributed by atoms with van der Waals surface area (Å²) in [6.45, 7) is 2.60. The fraction of sp³-hybridized carbons (Fsp3) is 0.316. The first-order chi connectivity index (χ1) is 13.0. The molecule has 0 saturated heterocycles. The molecular weight excluding hydrogens is 370 g/mol. The Bertz CT molecular complexity index is 898. The molecule has 2 aromatic carbocycles. The van der Waals surface area contributed by atoms with Gasteiger partial charge in [-0.3, -0.25) is 4.79 Å². The fourth-order valence-corrected chi connectivity index (χ4v) is 3.91. The second kappa shape index (κ2) is 8.41. The summed E-state index contributed by atoms with van der Waals surface area (Å²) in [6.07, 6.45) is 0.184. The van der Waals surface area contributed by atoms with Crippen LogP contribution in [0.2, 0.25) is 0 Å². The van der Waals surface area contributed by atoms with Crippen LogP contribution in [-0.4, -0.2) is 40.2 Å². The Labute approximate surface area is 158 Å². The average molecular weight is 391 g/mol. The van der Waals surface area contributed by atoms with Crippen molar-refractivity contribution in [1.82, 2.24) is 4.72 Å². The Morgan fingerprint density at radius 2 is 1.81 bits per heavy atom. The minimum atomic E-state index is -3.96. The van der Waals surface area contributed by atoms with Crippen LogP contribution in [0.5, 0.6) is 11.5 Å². The number of nitrogens with one attached hydrogen (secondary N) is 1. The SMILES string of the molecule is CCOC(=O)C(Cc1ccccc1)NS(=O)(=O)c1ccc2c(c1)OCCO2. The van der Waals surface area contributed by atoms with E-state index in [2.05, 4.69) is 4.72 Å². The number of rotatable bonds is 7. The van der Waals surface area contributed by atoms with E-state index in [1.165, 1.54) is 12.1 Å². The Hall–Kier alpha value is -2.58. The van der Waals surface area contributed by atoms with Crippen LogP contribution in [0, 0.1) is 0 Å². The molecular formula is C19H21NO6S. The maximum atomic E-state index is 12.8. The van der Waals surface area contributed by atoms with Gasteiger partial charge in [0.2, 0.25) is 10.0 Å². The summed E-state index contributed by atoms with van der Waals surface area (Å²) in [6, 6.07) is 12.5. The molecule has 144 valence electrons. The highest BCUT2D eigenvalue weighted by molar-refractivity contribution is 7.89. The Morgan fingerprint density at radius 1 is 1.11 bits per heavy atom. The highest BCUT2D eigenvalue weighted by Gasteiger charge is 2.28. The topological polar surface area (TPSA) is 90.9 Å². The van der Waals surface area contributed by atoms with Crippen molar-refractivity contribution in [2.75, 3.05) is 19.8 Å². The molecule has 7 nitrogen and oxygen atoms in total. The largest absolute Gasteiger partial charge is 0.486 e. The Kier molecular flexibility index (Phi) is 5.98. The second-order valence-electron chi connectivity index (χ2n) is 5.92. The molecule has 8 heteroatoms. The molecule has 0 radical (unpaired) electrons. The van der Waals surface area contributed by atoms with Crippen LogP contribution < -0.4 is 14.2 Å². The highest BCUT2D eigenvalue weighted by atomic mass is 32.2. The number of hydrogen-bond donors (Lipinski definition) is 1. The zero-order valence-corrected chi connectivity index (χ0v) is 15.7. The van der Waals surface area contributed by atoms with Gasteiger partial charge >= 0.3 is 5.97 Å². The second-order valence-corrected chi connectivity index (χ2v) is 7.64. The number of carbonyl (C=O) groups is 1. The Morgan fingerprint density at radius 3 is 2.52 bits per heavy atom. The third-order valence-corrected chi connectivity index (χ3v) is 5.44. The van der Waals surface area contributed by atoms with E-state index in [0.29, 0.717) is 24.7 Å². The average Bonchev–Trinajstić information content (AvgIpc) is 2.68. The van der Waals surface area contributed by atoms with Crippen LogP contribution in [-0.2, 0) is 26.0 Å². The molecule has 0 bridgehead atoms. The Balaban J connectivity index is 1.83. The molecule has 1 unspecified atom stereocenters. The summed E-state index contributed by atoms with van der Waals surface area (Å²) in [5, 5.41) is 0. The van der Waals surface area contributed by atoms with Gasteiger partial charge in [-0.2, -0.15) is 4.72 Å². The van der Waals surface area contributed by atoms with Crippen molar-refractivity contribution in [2.45, 2.75) is 24.3 Å². The molecule has 2 aromatic rings.